The molecule has 0 bridgehead atoms. The average Bonchev–Trinajstić information content (AvgIpc) is 3.00. The Morgan fingerprint density at radius 3 is 2.83 bits per heavy atom. The predicted octanol–water partition coefficient (Wildman–Crippen LogP) is 3.33. The predicted molar refractivity (Wildman–Crippen MR) is 83.0 cm³/mol. The Balaban J connectivity index is 1.87. The quantitative estimate of drug-likeness (QED) is 0.774. The summed E-state index contributed by atoms with van der Waals surface area (Å²) in [5.41, 5.74) is 1.06. The van der Waals surface area contributed by atoms with E-state index in [4.69, 9.17) is 9.15 Å². The molecule has 1 amide bonds. The zero-order valence-electron chi connectivity index (χ0n) is 12.3. The van der Waals surface area contributed by atoms with Crippen LogP contribution in [0.3, 0.4) is 0 Å². The first-order chi connectivity index (χ1) is 11.1. The van der Waals surface area contributed by atoms with Crippen LogP contribution in [0.4, 0.5) is 10.1 Å². The van der Waals surface area contributed by atoms with Gasteiger partial charge in [0.2, 0.25) is 0 Å². The van der Waals surface area contributed by atoms with Gasteiger partial charge in [-0.2, -0.15) is 0 Å². The molecule has 0 saturated carbocycles. The average molecular weight is 315 g/mol. The van der Waals surface area contributed by atoms with Crippen LogP contribution < -0.4 is 10.1 Å². The third kappa shape index (κ3) is 2.89. The van der Waals surface area contributed by atoms with Gasteiger partial charge in [-0.15, -0.1) is 0 Å². The Hall–Kier alpha value is -2.86. The third-order valence-electron chi connectivity index (χ3n) is 3.43. The van der Waals surface area contributed by atoms with Gasteiger partial charge in [0.05, 0.1) is 13.7 Å². The van der Waals surface area contributed by atoms with Gasteiger partial charge in [0.1, 0.15) is 5.75 Å². The molecule has 1 heterocycles. The van der Waals surface area contributed by atoms with Crippen molar-refractivity contribution in [3.05, 3.63) is 59.6 Å². The Morgan fingerprint density at radius 1 is 1.30 bits per heavy atom. The van der Waals surface area contributed by atoms with Crippen molar-refractivity contribution in [3.63, 3.8) is 0 Å². The highest BCUT2D eigenvalue weighted by Gasteiger charge is 2.15. The number of amides is 1. The van der Waals surface area contributed by atoms with Crippen LogP contribution in [0, 0.1) is 5.82 Å². The van der Waals surface area contributed by atoms with E-state index in [9.17, 15) is 14.3 Å². The summed E-state index contributed by atoms with van der Waals surface area (Å²) in [6.07, 6.45) is 0. The normalized spacial score (nSPS) is 10.7. The number of methoxy groups -OCH3 is 1. The molecule has 2 aromatic carbocycles. The summed E-state index contributed by atoms with van der Waals surface area (Å²) < 4.78 is 24.0. The van der Waals surface area contributed by atoms with Crippen molar-refractivity contribution in [2.75, 3.05) is 12.4 Å². The lowest BCUT2D eigenvalue weighted by Crippen LogP contribution is -2.11. The molecule has 0 radical (unpaired) electrons. The number of halogens is 1. The number of ether oxygens (including phenoxy) is 1. The van der Waals surface area contributed by atoms with Crippen molar-refractivity contribution >= 4 is 22.6 Å². The number of carbonyl (C=O) groups excluding carboxylic acids is 1. The summed E-state index contributed by atoms with van der Waals surface area (Å²) in [5, 5.41) is 12.5. The molecule has 118 valence electrons. The van der Waals surface area contributed by atoms with Gasteiger partial charge in [-0.05, 0) is 30.3 Å². The molecular formula is C17H14FNO4. The van der Waals surface area contributed by atoms with Gasteiger partial charge in [-0.25, -0.2) is 4.39 Å². The fourth-order valence-electron chi connectivity index (χ4n) is 2.31. The summed E-state index contributed by atoms with van der Waals surface area (Å²) in [4.78, 5) is 12.2. The fourth-order valence-corrected chi connectivity index (χ4v) is 2.31. The van der Waals surface area contributed by atoms with Crippen LogP contribution in [0.5, 0.6) is 5.75 Å². The number of fused-ring (bicyclic) bond motifs is 1. The Morgan fingerprint density at radius 2 is 2.13 bits per heavy atom. The number of aliphatic hydroxyl groups is 1. The van der Waals surface area contributed by atoms with Crippen LogP contribution in [0.1, 0.15) is 16.1 Å². The van der Waals surface area contributed by atoms with Crippen molar-refractivity contribution in [2.24, 2.45) is 0 Å². The largest absolute Gasteiger partial charge is 0.496 e. The van der Waals surface area contributed by atoms with Gasteiger partial charge >= 0.3 is 0 Å². The lowest BCUT2D eigenvalue weighted by atomic mass is 10.2. The van der Waals surface area contributed by atoms with Crippen LogP contribution in [-0.2, 0) is 6.61 Å². The SMILES string of the molecule is COc1ccc(NC(=O)c2cc3cccc(F)c3o2)cc1CO. The van der Waals surface area contributed by atoms with Crippen molar-refractivity contribution in [3.8, 4) is 5.75 Å². The van der Waals surface area contributed by atoms with E-state index in [1.54, 1.807) is 30.3 Å². The molecule has 0 aliphatic heterocycles. The van der Waals surface area contributed by atoms with Crippen molar-refractivity contribution in [2.45, 2.75) is 6.61 Å². The Labute approximate surface area is 131 Å². The van der Waals surface area contributed by atoms with Crippen LogP contribution in [0.2, 0.25) is 0 Å². The molecule has 5 nitrogen and oxygen atoms in total. The van der Waals surface area contributed by atoms with Crippen molar-refractivity contribution in [1.29, 1.82) is 0 Å². The highest BCUT2D eigenvalue weighted by atomic mass is 19.1. The molecule has 0 fully saturated rings. The topological polar surface area (TPSA) is 71.7 Å². The number of nitrogens with one attached hydrogen (secondary N) is 1. The van der Waals surface area contributed by atoms with Gasteiger partial charge in [-0.3, -0.25) is 4.79 Å². The van der Waals surface area contributed by atoms with E-state index < -0.39 is 11.7 Å². The van der Waals surface area contributed by atoms with Crippen molar-refractivity contribution in [1.82, 2.24) is 0 Å². The standard InChI is InChI=1S/C17H14FNO4/c1-22-14-6-5-12(7-11(14)9-20)19-17(21)15-8-10-3-2-4-13(18)16(10)23-15/h2-8,20H,9H2,1H3,(H,19,21). The molecule has 0 aliphatic rings. The van der Waals surface area contributed by atoms with E-state index in [0.717, 1.165) is 0 Å². The molecule has 1 aromatic heterocycles. The monoisotopic (exact) mass is 315 g/mol. The summed E-state index contributed by atoms with van der Waals surface area (Å²) in [6, 6.07) is 10.8. The number of rotatable bonds is 4. The zero-order chi connectivity index (χ0) is 16.4. The molecule has 0 unspecified atom stereocenters. The van der Waals surface area contributed by atoms with Crippen LogP contribution in [-0.4, -0.2) is 18.1 Å². The number of para-hydroxylation sites is 1. The van der Waals surface area contributed by atoms with Crippen molar-refractivity contribution < 1.29 is 23.4 Å². The first-order valence-corrected chi connectivity index (χ1v) is 6.89. The second-order valence-corrected chi connectivity index (χ2v) is 4.91. The molecule has 23 heavy (non-hydrogen) atoms. The molecule has 3 rings (SSSR count). The zero-order valence-corrected chi connectivity index (χ0v) is 12.3. The van der Waals surface area contributed by atoms with E-state index in [-0.39, 0.29) is 18.0 Å². The molecule has 0 atom stereocenters. The molecule has 0 spiro atoms. The summed E-state index contributed by atoms with van der Waals surface area (Å²) in [7, 11) is 1.50. The highest BCUT2D eigenvalue weighted by molar-refractivity contribution is 6.04. The van der Waals surface area contributed by atoms with E-state index in [2.05, 4.69) is 5.32 Å². The van der Waals surface area contributed by atoms with Crippen LogP contribution >= 0.6 is 0 Å². The molecule has 6 heteroatoms. The lowest BCUT2D eigenvalue weighted by Gasteiger charge is -2.09. The maximum Gasteiger partial charge on any atom is 0.291 e. The van der Waals surface area contributed by atoms with E-state index in [1.807, 2.05) is 0 Å². The number of carbonyl (C=O) groups is 1. The maximum atomic E-state index is 13.6. The fraction of sp³-hybridized carbons (Fsp3) is 0.118. The van der Waals surface area contributed by atoms with Gasteiger partial charge in [0.15, 0.2) is 17.2 Å². The minimum absolute atomic E-state index is 0.00599. The number of hydrogen-bond donors (Lipinski definition) is 2. The minimum Gasteiger partial charge on any atom is -0.496 e. The molecule has 0 aliphatic carbocycles. The number of benzene rings is 2. The number of anilines is 1. The summed E-state index contributed by atoms with van der Waals surface area (Å²) in [6.45, 7) is -0.220. The Kier molecular flexibility index (Phi) is 3.99. The minimum atomic E-state index is -0.520. The summed E-state index contributed by atoms with van der Waals surface area (Å²) in [5.74, 6) is -0.494. The van der Waals surface area contributed by atoms with E-state index >= 15 is 0 Å². The second kappa shape index (κ2) is 6.10. The molecule has 0 saturated heterocycles. The van der Waals surface area contributed by atoms with Gasteiger partial charge < -0.3 is 19.6 Å². The van der Waals surface area contributed by atoms with E-state index in [1.165, 1.54) is 19.2 Å². The second-order valence-electron chi connectivity index (χ2n) is 4.91. The lowest BCUT2D eigenvalue weighted by molar-refractivity contribution is 0.0998. The van der Waals surface area contributed by atoms with Gasteiger partial charge in [0, 0.05) is 16.6 Å². The number of hydrogen-bond acceptors (Lipinski definition) is 4. The number of furan rings is 1. The van der Waals surface area contributed by atoms with Gasteiger partial charge in [-0.1, -0.05) is 12.1 Å². The van der Waals surface area contributed by atoms with Crippen LogP contribution in [0.15, 0.2) is 46.9 Å². The summed E-state index contributed by atoms with van der Waals surface area (Å²) >= 11 is 0. The first-order valence-electron chi connectivity index (χ1n) is 6.89. The highest BCUT2D eigenvalue weighted by Crippen LogP contribution is 2.25. The van der Waals surface area contributed by atoms with Gasteiger partial charge in [0.25, 0.3) is 5.91 Å². The Bertz CT molecular complexity index is 872. The molecular weight excluding hydrogens is 301 g/mol. The van der Waals surface area contributed by atoms with E-state index in [0.29, 0.717) is 22.4 Å². The smallest absolute Gasteiger partial charge is 0.291 e. The number of aliphatic hydroxyl groups excluding tert-OH is 1. The molecule has 3 aromatic rings. The molecule has 2 N–H and O–H groups in total. The third-order valence-corrected chi connectivity index (χ3v) is 3.43. The maximum absolute atomic E-state index is 13.6. The first kappa shape index (κ1) is 15.1. The van der Waals surface area contributed by atoms with Crippen LogP contribution in [0.25, 0.3) is 11.0 Å².